The van der Waals surface area contributed by atoms with E-state index in [0.29, 0.717) is 22.2 Å². The van der Waals surface area contributed by atoms with E-state index in [2.05, 4.69) is 27.6 Å². The molecular weight excluding hydrogens is 436 g/mol. The molecule has 9 heteroatoms. The van der Waals surface area contributed by atoms with Crippen LogP contribution in [0.5, 0.6) is 11.5 Å². The van der Waals surface area contributed by atoms with E-state index in [1.54, 1.807) is 12.1 Å². The molecule has 0 saturated heterocycles. The first kappa shape index (κ1) is 23.0. The molecule has 0 saturated carbocycles. The summed E-state index contributed by atoms with van der Waals surface area (Å²) in [6.07, 6.45) is 1.68. The van der Waals surface area contributed by atoms with Crippen molar-refractivity contribution in [1.29, 1.82) is 0 Å². The minimum Gasteiger partial charge on any atom is -0.495 e. The lowest BCUT2D eigenvalue weighted by Gasteiger charge is -2.13. The summed E-state index contributed by atoms with van der Waals surface area (Å²) in [5.41, 5.74) is 1.75. The lowest BCUT2D eigenvalue weighted by Crippen LogP contribution is -2.15. The standard InChI is InChI=1S/C22H25ClN4O3S/c1-4-27-20(11-10-15-8-6-5-7-9-15)25-26-22(27)31-14-21(28)24-17-13-18(29-2)16(23)12-19(17)30-3/h5-9,12-13H,4,10-11,14H2,1-3H3,(H,24,28). The lowest BCUT2D eigenvalue weighted by molar-refractivity contribution is -0.113. The summed E-state index contributed by atoms with van der Waals surface area (Å²) in [4.78, 5) is 12.5. The molecule has 2 aromatic carbocycles. The van der Waals surface area contributed by atoms with Crippen molar-refractivity contribution < 1.29 is 14.3 Å². The summed E-state index contributed by atoms with van der Waals surface area (Å²) in [6, 6.07) is 13.5. The second-order valence-corrected chi connectivity index (χ2v) is 8.00. The van der Waals surface area contributed by atoms with Gasteiger partial charge in [0.2, 0.25) is 5.91 Å². The Morgan fingerprint density at radius 1 is 1.10 bits per heavy atom. The van der Waals surface area contributed by atoms with Crippen LogP contribution in [0.4, 0.5) is 5.69 Å². The van der Waals surface area contributed by atoms with Crippen LogP contribution in [-0.4, -0.2) is 40.6 Å². The van der Waals surface area contributed by atoms with Crippen LogP contribution < -0.4 is 14.8 Å². The number of amides is 1. The van der Waals surface area contributed by atoms with E-state index < -0.39 is 0 Å². The van der Waals surface area contributed by atoms with Crippen molar-refractivity contribution >= 4 is 35.0 Å². The third-order valence-electron chi connectivity index (χ3n) is 4.67. The summed E-state index contributed by atoms with van der Waals surface area (Å²) < 4.78 is 12.6. The van der Waals surface area contributed by atoms with Gasteiger partial charge in [-0.15, -0.1) is 10.2 Å². The van der Waals surface area contributed by atoms with Gasteiger partial charge in [0.05, 0.1) is 30.7 Å². The number of hydrogen-bond donors (Lipinski definition) is 1. The Kier molecular flexibility index (Phi) is 8.20. The van der Waals surface area contributed by atoms with E-state index in [9.17, 15) is 4.79 Å². The van der Waals surface area contributed by atoms with Crippen LogP contribution in [0.15, 0.2) is 47.6 Å². The highest BCUT2D eigenvalue weighted by Crippen LogP contribution is 2.36. The van der Waals surface area contributed by atoms with Crippen molar-refractivity contribution in [3.05, 3.63) is 58.9 Å². The van der Waals surface area contributed by atoms with Crippen LogP contribution in [0.1, 0.15) is 18.3 Å². The number of thioether (sulfide) groups is 1. The number of ether oxygens (including phenoxy) is 2. The molecule has 0 aliphatic rings. The number of nitrogens with one attached hydrogen (secondary N) is 1. The number of carbonyl (C=O) groups is 1. The first-order valence-corrected chi connectivity index (χ1v) is 11.2. The highest BCUT2D eigenvalue weighted by Gasteiger charge is 2.16. The maximum Gasteiger partial charge on any atom is 0.234 e. The minimum atomic E-state index is -0.191. The molecule has 1 amide bonds. The Hall–Kier alpha value is -2.71. The summed E-state index contributed by atoms with van der Waals surface area (Å²) in [5.74, 6) is 1.83. The molecule has 1 heterocycles. The molecule has 3 aromatic rings. The maximum absolute atomic E-state index is 12.5. The highest BCUT2D eigenvalue weighted by atomic mass is 35.5. The molecule has 0 spiro atoms. The van der Waals surface area contributed by atoms with Gasteiger partial charge in [-0.2, -0.15) is 0 Å². The number of anilines is 1. The molecule has 0 aliphatic heterocycles. The number of carbonyl (C=O) groups excluding carboxylic acids is 1. The summed E-state index contributed by atoms with van der Waals surface area (Å²) in [6.45, 7) is 2.79. The predicted octanol–water partition coefficient (Wildman–Crippen LogP) is 4.48. The molecule has 0 unspecified atom stereocenters. The summed E-state index contributed by atoms with van der Waals surface area (Å²) >= 11 is 7.47. The van der Waals surface area contributed by atoms with Crippen molar-refractivity contribution in [3.63, 3.8) is 0 Å². The molecule has 31 heavy (non-hydrogen) atoms. The number of hydrogen-bond acceptors (Lipinski definition) is 6. The molecular formula is C22H25ClN4O3S. The maximum atomic E-state index is 12.5. The normalized spacial score (nSPS) is 10.7. The monoisotopic (exact) mass is 460 g/mol. The van der Waals surface area contributed by atoms with Gasteiger partial charge in [0.1, 0.15) is 17.3 Å². The van der Waals surface area contributed by atoms with E-state index in [4.69, 9.17) is 21.1 Å². The van der Waals surface area contributed by atoms with Gasteiger partial charge >= 0.3 is 0 Å². The van der Waals surface area contributed by atoms with Crippen molar-refractivity contribution in [2.45, 2.75) is 31.5 Å². The molecule has 0 atom stereocenters. The summed E-state index contributed by atoms with van der Waals surface area (Å²) in [5, 5.41) is 12.6. The number of aromatic nitrogens is 3. The quantitative estimate of drug-likeness (QED) is 0.449. The topological polar surface area (TPSA) is 78.3 Å². The molecule has 1 aromatic heterocycles. The predicted molar refractivity (Wildman–Crippen MR) is 123 cm³/mol. The molecule has 0 fully saturated rings. The van der Waals surface area contributed by atoms with Gasteiger partial charge in [-0.1, -0.05) is 53.7 Å². The number of halogens is 1. The summed E-state index contributed by atoms with van der Waals surface area (Å²) in [7, 11) is 3.03. The third kappa shape index (κ3) is 5.92. The fourth-order valence-electron chi connectivity index (χ4n) is 3.10. The van der Waals surface area contributed by atoms with Crippen molar-refractivity contribution in [2.75, 3.05) is 25.3 Å². The van der Waals surface area contributed by atoms with Gasteiger partial charge in [-0.25, -0.2) is 0 Å². The van der Waals surface area contributed by atoms with E-state index in [1.807, 2.05) is 29.7 Å². The Morgan fingerprint density at radius 3 is 2.52 bits per heavy atom. The zero-order chi connectivity index (χ0) is 22.2. The smallest absolute Gasteiger partial charge is 0.234 e. The number of benzene rings is 2. The van der Waals surface area contributed by atoms with E-state index in [-0.39, 0.29) is 11.7 Å². The van der Waals surface area contributed by atoms with Crippen molar-refractivity contribution in [2.24, 2.45) is 0 Å². The molecule has 0 bridgehead atoms. The second kappa shape index (κ2) is 11.1. The molecule has 164 valence electrons. The average Bonchev–Trinajstić information content (AvgIpc) is 3.19. The fourth-order valence-corrected chi connectivity index (χ4v) is 4.16. The third-order valence-corrected chi connectivity index (χ3v) is 5.93. The molecule has 7 nitrogen and oxygen atoms in total. The fraction of sp³-hybridized carbons (Fsp3) is 0.318. The van der Waals surface area contributed by atoms with Crippen molar-refractivity contribution in [3.8, 4) is 11.5 Å². The van der Waals surface area contributed by atoms with Crippen LogP contribution >= 0.6 is 23.4 Å². The zero-order valence-corrected chi connectivity index (χ0v) is 19.3. The Bertz CT molecular complexity index is 1030. The van der Waals surface area contributed by atoms with E-state index in [1.165, 1.54) is 31.5 Å². The minimum absolute atomic E-state index is 0.185. The number of aryl methyl sites for hydroxylation is 2. The second-order valence-electron chi connectivity index (χ2n) is 6.65. The van der Waals surface area contributed by atoms with Gasteiger partial charge in [0.25, 0.3) is 0 Å². The molecule has 1 N–H and O–H groups in total. The van der Waals surface area contributed by atoms with Gasteiger partial charge in [-0.05, 0) is 18.9 Å². The van der Waals surface area contributed by atoms with Crippen molar-refractivity contribution in [1.82, 2.24) is 14.8 Å². The Balaban J connectivity index is 1.62. The van der Waals surface area contributed by atoms with Gasteiger partial charge in [-0.3, -0.25) is 4.79 Å². The molecule has 0 radical (unpaired) electrons. The molecule has 0 aliphatic carbocycles. The Labute approximate surface area is 191 Å². The number of nitrogens with zero attached hydrogens (tertiary/aromatic N) is 3. The van der Waals surface area contributed by atoms with Crippen LogP contribution in [0, 0.1) is 0 Å². The highest BCUT2D eigenvalue weighted by molar-refractivity contribution is 7.99. The number of rotatable bonds is 10. The number of methoxy groups -OCH3 is 2. The van der Waals surface area contributed by atoms with Crippen LogP contribution in [0.25, 0.3) is 0 Å². The van der Waals surface area contributed by atoms with E-state index >= 15 is 0 Å². The van der Waals surface area contributed by atoms with Crippen LogP contribution in [0.2, 0.25) is 5.02 Å². The average molecular weight is 461 g/mol. The van der Waals surface area contributed by atoms with Crippen LogP contribution in [-0.2, 0) is 24.2 Å². The van der Waals surface area contributed by atoms with Crippen LogP contribution in [0.3, 0.4) is 0 Å². The Morgan fingerprint density at radius 2 is 1.84 bits per heavy atom. The van der Waals surface area contributed by atoms with Gasteiger partial charge in [0, 0.05) is 25.1 Å². The SMILES string of the molecule is CCn1c(CCc2ccccc2)nnc1SCC(=O)Nc1cc(OC)c(Cl)cc1OC. The van der Waals surface area contributed by atoms with Gasteiger partial charge in [0.15, 0.2) is 5.16 Å². The van der Waals surface area contributed by atoms with Gasteiger partial charge < -0.3 is 19.4 Å². The largest absolute Gasteiger partial charge is 0.495 e. The zero-order valence-electron chi connectivity index (χ0n) is 17.7. The first-order valence-electron chi connectivity index (χ1n) is 9.85. The first-order chi connectivity index (χ1) is 15.0. The lowest BCUT2D eigenvalue weighted by atomic mass is 10.1. The molecule has 3 rings (SSSR count). The van der Waals surface area contributed by atoms with E-state index in [0.717, 1.165) is 30.4 Å².